The van der Waals surface area contributed by atoms with Gasteiger partial charge in [-0.25, -0.2) is 0 Å². The lowest BCUT2D eigenvalue weighted by Crippen LogP contribution is -2.51. The normalized spacial score (nSPS) is 15.8. The molecule has 0 saturated heterocycles. The molecule has 0 aliphatic heterocycles. The topological polar surface area (TPSA) is 128 Å². The van der Waals surface area contributed by atoms with Gasteiger partial charge in [0.25, 0.3) is 7.82 Å². The molecule has 0 aliphatic rings. The molecule has 0 aromatic carbocycles. The number of nitrogens with zero attached hydrogens (tertiary/aromatic N) is 1. The van der Waals surface area contributed by atoms with E-state index in [4.69, 9.17) is 9.05 Å². The lowest BCUT2D eigenvalue weighted by molar-refractivity contribution is -0.870. The van der Waals surface area contributed by atoms with Crippen molar-refractivity contribution in [3.8, 4) is 0 Å². The number of hydrogen-bond acceptors (Lipinski definition) is 7. The SMILES string of the molecule is CC/C=C\C/C=C\C/C=C\CCCCCC(=O)NC(COP(=O)([O-])OCC[N+](C)(C)C)C(O)C(O)CCC/C=C/CCCCCCCCC. The minimum absolute atomic E-state index is 0.0541. The van der Waals surface area contributed by atoms with Gasteiger partial charge >= 0.3 is 0 Å². The van der Waals surface area contributed by atoms with Crippen molar-refractivity contribution in [2.45, 2.75) is 154 Å². The highest BCUT2D eigenvalue weighted by Crippen LogP contribution is 2.38. The van der Waals surface area contributed by atoms with E-state index in [1.54, 1.807) is 0 Å². The second kappa shape index (κ2) is 31.2. The lowest BCUT2D eigenvalue weighted by atomic mass is 10.0. The van der Waals surface area contributed by atoms with Crippen molar-refractivity contribution in [1.82, 2.24) is 5.32 Å². The molecule has 10 heteroatoms. The molecule has 286 valence electrons. The van der Waals surface area contributed by atoms with Crippen molar-refractivity contribution >= 4 is 13.7 Å². The van der Waals surface area contributed by atoms with Crippen LogP contribution < -0.4 is 10.2 Å². The first-order valence-electron chi connectivity index (χ1n) is 19.1. The van der Waals surface area contributed by atoms with E-state index in [0.29, 0.717) is 30.3 Å². The van der Waals surface area contributed by atoms with Gasteiger partial charge in [-0.3, -0.25) is 9.36 Å². The maximum atomic E-state index is 12.8. The van der Waals surface area contributed by atoms with E-state index in [2.05, 4.69) is 67.8 Å². The number of carbonyl (C=O) groups is 1. The first-order valence-corrected chi connectivity index (χ1v) is 20.5. The Labute approximate surface area is 300 Å². The monoisotopic (exact) mass is 713 g/mol. The molecule has 0 heterocycles. The van der Waals surface area contributed by atoms with E-state index >= 15 is 0 Å². The average Bonchev–Trinajstić information content (AvgIpc) is 3.04. The number of nitrogens with one attached hydrogen (secondary N) is 1. The van der Waals surface area contributed by atoms with Crippen LogP contribution >= 0.6 is 7.82 Å². The van der Waals surface area contributed by atoms with Crippen molar-refractivity contribution in [2.75, 3.05) is 40.9 Å². The van der Waals surface area contributed by atoms with Gasteiger partial charge in [-0.15, -0.1) is 0 Å². The van der Waals surface area contributed by atoms with Gasteiger partial charge in [0.05, 0.1) is 39.9 Å². The summed E-state index contributed by atoms with van der Waals surface area (Å²) in [4.78, 5) is 25.2. The Morgan fingerprint density at radius 1 is 0.755 bits per heavy atom. The lowest BCUT2D eigenvalue weighted by Gasteiger charge is -2.31. The van der Waals surface area contributed by atoms with Gasteiger partial charge in [0, 0.05) is 6.42 Å². The Morgan fingerprint density at radius 3 is 1.90 bits per heavy atom. The Bertz CT molecular complexity index is 962. The van der Waals surface area contributed by atoms with Crippen LogP contribution in [0.25, 0.3) is 0 Å². The molecule has 4 unspecified atom stereocenters. The van der Waals surface area contributed by atoms with Crippen molar-refractivity contribution < 1.29 is 38.0 Å². The smallest absolute Gasteiger partial charge is 0.268 e. The summed E-state index contributed by atoms with van der Waals surface area (Å²) in [5.41, 5.74) is 0. The number of aliphatic hydroxyl groups excluding tert-OH is 2. The summed E-state index contributed by atoms with van der Waals surface area (Å²) in [6, 6.07) is -1.10. The third kappa shape index (κ3) is 32.1. The highest BCUT2D eigenvalue weighted by atomic mass is 31.2. The summed E-state index contributed by atoms with van der Waals surface area (Å²) >= 11 is 0. The Morgan fingerprint density at radius 2 is 1.29 bits per heavy atom. The summed E-state index contributed by atoms with van der Waals surface area (Å²) in [6.07, 6.45) is 33.0. The summed E-state index contributed by atoms with van der Waals surface area (Å²) in [5.74, 6) is -0.322. The van der Waals surface area contributed by atoms with E-state index in [9.17, 15) is 24.5 Å². The molecule has 0 aromatic heterocycles. The summed E-state index contributed by atoms with van der Waals surface area (Å²) in [7, 11) is 1.07. The zero-order valence-electron chi connectivity index (χ0n) is 31.7. The number of phosphoric ester groups is 1. The van der Waals surface area contributed by atoms with E-state index < -0.39 is 32.7 Å². The Balaban J connectivity index is 4.74. The third-order valence-electron chi connectivity index (χ3n) is 8.14. The molecule has 0 bridgehead atoms. The van der Waals surface area contributed by atoms with Gasteiger partial charge in [0.1, 0.15) is 19.3 Å². The van der Waals surface area contributed by atoms with Crippen LogP contribution in [-0.4, -0.2) is 79.8 Å². The first kappa shape index (κ1) is 47.4. The molecule has 4 atom stereocenters. The third-order valence-corrected chi connectivity index (χ3v) is 9.11. The van der Waals surface area contributed by atoms with Crippen LogP contribution in [0.4, 0.5) is 0 Å². The zero-order chi connectivity index (χ0) is 36.6. The van der Waals surface area contributed by atoms with Crippen molar-refractivity contribution in [2.24, 2.45) is 0 Å². The van der Waals surface area contributed by atoms with Crippen molar-refractivity contribution in [3.05, 3.63) is 48.6 Å². The number of quaternary nitrogens is 1. The number of hydrogen-bond donors (Lipinski definition) is 3. The molecule has 0 aliphatic carbocycles. The molecule has 0 spiro atoms. The molecule has 9 nitrogen and oxygen atoms in total. The largest absolute Gasteiger partial charge is 0.756 e. The number of carbonyl (C=O) groups excluding carboxylic acids is 1. The molecule has 3 N–H and O–H groups in total. The first-order chi connectivity index (χ1) is 23.4. The molecule has 0 radical (unpaired) electrons. The molecule has 0 rings (SSSR count). The fourth-order valence-corrected chi connectivity index (χ4v) is 5.75. The van der Waals surface area contributed by atoms with Gasteiger partial charge in [-0.2, -0.15) is 0 Å². The van der Waals surface area contributed by atoms with Crippen molar-refractivity contribution in [1.29, 1.82) is 0 Å². The fourth-order valence-electron chi connectivity index (χ4n) is 5.03. The minimum Gasteiger partial charge on any atom is -0.756 e. The van der Waals surface area contributed by atoms with E-state index in [0.717, 1.165) is 51.4 Å². The summed E-state index contributed by atoms with van der Waals surface area (Å²) in [6.45, 7) is 4.22. The number of aliphatic hydroxyl groups is 2. The van der Waals surface area contributed by atoms with E-state index in [1.807, 2.05) is 21.1 Å². The number of phosphoric acid groups is 1. The fraction of sp³-hybridized carbons (Fsp3) is 0.769. The molecular formula is C39H73N2O7P. The molecular weight excluding hydrogens is 639 g/mol. The molecule has 49 heavy (non-hydrogen) atoms. The van der Waals surface area contributed by atoms with Crippen molar-refractivity contribution in [3.63, 3.8) is 0 Å². The number of unbranched alkanes of at least 4 members (excludes halogenated alkanes) is 11. The molecule has 0 aromatic rings. The maximum absolute atomic E-state index is 12.8. The molecule has 0 fully saturated rings. The predicted molar refractivity (Wildman–Crippen MR) is 202 cm³/mol. The summed E-state index contributed by atoms with van der Waals surface area (Å²) < 4.78 is 23.0. The van der Waals surface area contributed by atoms with Crippen LogP contribution in [-0.2, 0) is 18.4 Å². The molecule has 1 amide bonds. The number of amides is 1. The van der Waals surface area contributed by atoms with Crippen LogP contribution in [0.5, 0.6) is 0 Å². The van der Waals surface area contributed by atoms with Crippen LogP contribution in [0.15, 0.2) is 48.6 Å². The van der Waals surface area contributed by atoms with Crippen LogP contribution in [0.2, 0.25) is 0 Å². The van der Waals surface area contributed by atoms with Gasteiger partial charge in [-0.1, -0.05) is 107 Å². The zero-order valence-corrected chi connectivity index (χ0v) is 32.6. The van der Waals surface area contributed by atoms with Gasteiger partial charge in [0.2, 0.25) is 5.91 Å². The van der Waals surface area contributed by atoms with Crippen LogP contribution in [0, 0.1) is 0 Å². The number of rotatable bonds is 33. The highest BCUT2D eigenvalue weighted by Gasteiger charge is 2.29. The van der Waals surface area contributed by atoms with E-state index in [-0.39, 0.29) is 18.9 Å². The standard InChI is InChI=1S/C39H73N2O7P/c1-6-8-10-12-14-16-18-20-22-24-26-28-30-32-38(43)40-36(35-48-49(45,46)47-34-33-41(3,4)5)39(44)37(42)31-29-27-25-23-21-19-17-15-13-11-9-7-2/h8,10,14,16,20,22-23,25,36-37,39,42,44H,6-7,9,11-13,15,17-19,21,24,26-35H2,1-5H3,(H-,40,43,45,46)/b10-8-,16-14-,22-20-,25-23+. The van der Waals surface area contributed by atoms with E-state index in [1.165, 1.54) is 44.9 Å². The van der Waals surface area contributed by atoms with Gasteiger partial charge < -0.3 is 34.0 Å². The Kier molecular flexibility index (Phi) is 30.2. The second-order valence-electron chi connectivity index (χ2n) is 14.0. The van der Waals surface area contributed by atoms with Gasteiger partial charge in [-0.05, 0) is 70.6 Å². The minimum atomic E-state index is -4.67. The van der Waals surface area contributed by atoms with Crippen LogP contribution in [0.1, 0.15) is 136 Å². The number of allylic oxidation sites excluding steroid dienone is 8. The predicted octanol–water partition coefficient (Wildman–Crippen LogP) is 8.08. The highest BCUT2D eigenvalue weighted by molar-refractivity contribution is 7.45. The van der Waals surface area contributed by atoms with Gasteiger partial charge in [0.15, 0.2) is 0 Å². The summed E-state index contributed by atoms with van der Waals surface area (Å²) in [5, 5.41) is 24.4. The average molecular weight is 713 g/mol. The number of likely N-dealkylation sites (N-methyl/N-ethyl adjacent to an activating group) is 1. The Hall–Kier alpha value is -1.58. The molecule has 0 saturated carbocycles. The second-order valence-corrected chi connectivity index (χ2v) is 15.4. The quantitative estimate of drug-likeness (QED) is 0.0272. The maximum Gasteiger partial charge on any atom is 0.268 e. The van der Waals surface area contributed by atoms with Crippen LogP contribution in [0.3, 0.4) is 0 Å².